The number of hydrogen-bond acceptors (Lipinski definition) is 3. The number of fused-ring (bicyclic) bond motifs is 1. The Bertz CT molecular complexity index is 683. The predicted octanol–water partition coefficient (Wildman–Crippen LogP) is 2.10. The van der Waals surface area contributed by atoms with E-state index in [9.17, 15) is 9.59 Å². The summed E-state index contributed by atoms with van der Waals surface area (Å²) in [6, 6.07) is 5.18. The number of aromatic nitrogens is 2. The van der Waals surface area contributed by atoms with Crippen molar-refractivity contribution in [2.24, 2.45) is 0 Å². The molecule has 1 saturated heterocycles. The van der Waals surface area contributed by atoms with E-state index >= 15 is 0 Å². The van der Waals surface area contributed by atoms with Crippen LogP contribution in [0.25, 0.3) is 11.0 Å². The van der Waals surface area contributed by atoms with Crippen LogP contribution >= 0.6 is 11.8 Å². The number of carbonyl (C=O) groups is 1. The molecule has 0 atom stereocenters. The van der Waals surface area contributed by atoms with Crippen LogP contribution in [0.15, 0.2) is 23.0 Å². The molecule has 1 aliphatic rings. The summed E-state index contributed by atoms with van der Waals surface area (Å²) in [6.45, 7) is 0. The molecule has 19 heavy (non-hydrogen) atoms. The number of rotatable bonds is 2. The molecule has 0 unspecified atom stereocenters. The van der Waals surface area contributed by atoms with E-state index in [-0.39, 0.29) is 17.3 Å². The van der Waals surface area contributed by atoms with Crippen molar-refractivity contribution in [1.29, 1.82) is 0 Å². The van der Waals surface area contributed by atoms with E-state index in [0.717, 1.165) is 24.3 Å². The number of aromatic carboxylic acids is 1. The molecule has 1 aromatic carbocycles. The molecular formula is C13H14N2O3S. The van der Waals surface area contributed by atoms with Gasteiger partial charge in [0.05, 0.1) is 16.6 Å². The number of carboxylic acid groups (broad SMARTS) is 1. The van der Waals surface area contributed by atoms with Gasteiger partial charge >= 0.3 is 11.7 Å². The maximum Gasteiger partial charge on any atom is 0.337 e. The number of imidazole rings is 1. The summed E-state index contributed by atoms with van der Waals surface area (Å²) in [5, 5.41) is 9.16. The minimum atomic E-state index is -1.02. The summed E-state index contributed by atoms with van der Waals surface area (Å²) < 4.78 is 1.72. The van der Waals surface area contributed by atoms with Crippen molar-refractivity contribution < 1.29 is 9.90 Å². The highest BCUT2D eigenvalue weighted by Crippen LogP contribution is 2.29. The Morgan fingerprint density at radius 1 is 1.37 bits per heavy atom. The Morgan fingerprint density at radius 2 is 2.11 bits per heavy atom. The molecule has 1 fully saturated rings. The molecule has 1 aromatic heterocycles. The van der Waals surface area contributed by atoms with Crippen molar-refractivity contribution in [2.45, 2.75) is 18.9 Å². The van der Waals surface area contributed by atoms with Crippen molar-refractivity contribution in [1.82, 2.24) is 9.55 Å². The van der Waals surface area contributed by atoms with Crippen LogP contribution in [0.4, 0.5) is 0 Å². The van der Waals surface area contributed by atoms with E-state index in [1.165, 1.54) is 6.07 Å². The quantitative estimate of drug-likeness (QED) is 0.882. The Balaban J connectivity index is 2.20. The Labute approximate surface area is 113 Å². The highest BCUT2D eigenvalue weighted by molar-refractivity contribution is 7.99. The predicted molar refractivity (Wildman–Crippen MR) is 75.1 cm³/mol. The van der Waals surface area contributed by atoms with Gasteiger partial charge in [-0.2, -0.15) is 11.8 Å². The van der Waals surface area contributed by atoms with Gasteiger partial charge in [-0.25, -0.2) is 9.59 Å². The first kappa shape index (κ1) is 12.3. The van der Waals surface area contributed by atoms with Crippen molar-refractivity contribution in [3.8, 4) is 0 Å². The van der Waals surface area contributed by atoms with Crippen LogP contribution in [0, 0.1) is 0 Å². The number of thioether (sulfide) groups is 1. The van der Waals surface area contributed by atoms with Crippen LogP contribution in [0.2, 0.25) is 0 Å². The number of nitrogens with zero attached hydrogens (tertiary/aromatic N) is 1. The lowest BCUT2D eigenvalue weighted by Crippen LogP contribution is -2.25. The third-order valence-electron chi connectivity index (χ3n) is 3.54. The van der Waals surface area contributed by atoms with Gasteiger partial charge in [-0.05, 0) is 36.5 Å². The topological polar surface area (TPSA) is 75.1 Å². The largest absolute Gasteiger partial charge is 0.478 e. The summed E-state index contributed by atoms with van der Waals surface area (Å²) in [5.74, 6) is 1.07. The van der Waals surface area contributed by atoms with E-state index in [0.29, 0.717) is 11.0 Å². The first-order chi connectivity index (χ1) is 9.18. The molecule has 3 rings (SSSR count). The fourth-order valence-corrected chi connectivity index (χ4v) is 3.71. The first-order valence-electron chi connectivity index (χ1n) is 6.23. The zero-order chi connectivity index (χ0) is 13.4. The second-order valence-corrected chi connectivity index (χ2v) is 5.87. The van der Waals surface area contributed by atoms with Crippen molar-refractivity contribution >= 4 is 28.8 Å². The summed E-state index contributed by atoms with van der Waals surface area (Å²) >= 11 is 1.90. The minimum absolute atomic E-state index is 0.151. The molecule has 0 amide bonds. The number of nitrogens with one attached hydrogen (secondary N) is 1. The lowest BCUT2D eigenvalue weighted by Gasteiger charge is -2.22. The van der Waals surface area contributed by atoms with Gasteiger partial charge in [0, 0.05) is 6.04 Å². The molecule has 6 heteroatoms. The minimum Gasteiger partial charge on any atom is -0.478 e. The number of carboxylic acids is 1. The number of hydrogen-bond donors (Lipinski definition) is 2. The Kier molecular flexibility index (Phi) is 3.10. The Morgan fingerprint density at radius 3 is 2.79 bits per heavy atom. The maximum absolute atomic E-state index is 12.1. The van der Waals surface area contributed by atoms with E-state index < -0.39 is 5.97 Å². The number of benzene rings is 1. The number of para-hydroxylation sites is 1. The van der Waals surface area contributed by atoms with Crippen LogP contribution in [0.1, 0.15) is 29.2 Å². The second kappa shape index (κ2) is 4.77. The highest BCUT2D eigenvalue weighted by atomic mass is 32.2. The summed E-state index contributed by atoms with van der Waals surface area (Å²) in [4.78, 5) is 26.0. The fraction of sp³-hybridized carbons (Fsp3) is 0.385. The summed E-state index contributed by atoms with van der Waals surface area (Å²) in [7, 11) is 0. The standard InChI is InChI=1S/C13H14N2O3S/c16-12(17)9-2-1-3-10-11(9)14-13(18)15(10)8-4-6-19-7-5-8/h1-3,8H,4-7H2,(H,14,18)(H,16,17). The van der Waals surface area contributed by atoms with Gasteiger partial charge < -0.3 is 10.1 Å². The van der Waals surface area contributed by atoms with Crippen molar-refractivity contribution in [3.05, 3.63) is 34.2 Å². The monoisotopic (exact) mass is 278 g/mol. The zero-order valence-corrected chi connectivity index (χ0v) is 11.1. The maximum atomic E-state index is 12.1. The van der Waals surface area contributed by atoms with Gasteiger partial charge in [0.2, 0.25) is 0 Å². The molecule has 100 valence electrons. The van der Waals surface area contributed by atoms with Crippen LogP contribution in [0.5, 0.6) is 0 Å². The molecule has 5 nitrogen and oxygen atoms in total. The van der Waals surface area contributed by atoms with Gasteiger partial charge in [0.15, 0.2) is 0 Å². The lowest BCUT2D eigenvalue weighted by molar-refractivity contribution is 0.0699. The number of H-pyrrole nitrogens is 1. The smallest absolute Gasteiger partial charge is 0.337 e. The van der Waals surface area contributed by atoms with Crippen LogP contribution in [0.3, 0.4) is 0 Å². The highest BCUT2D eigenvalue weighted by Gasteiger charge is 2.21. The third kappa shape index (κ3) is 2.06. The second-order valence-electron chi connectivity index (χ2n) is 4.65. The molecule has 2 aromatic rings. The summed E-state index contributed by atoms with van der Waals surface area (Å²) in [5.41, 5.74) is 1.07. The van der Waals surface area contributed by atoms with Gasteiger partial charge in [-0.1, -0.05) is 6.07 Å². The van der Waals surface area contributed by atoms with Gasteiger partial charge in [-0.3, -0.25) is 4.57 Å². The average Bonchev–Trinajstić information content (AvgIpc) is 2.75. The summed E-state index contributed by atoms with van der Waals surface area (Å²) in [6.07, 6.45) is 1.91. The van der Waals surface area contributed by atoms with Crippen LogP contribution in [-0.2, 0) is 0 Å². The first-order valence-corrected chi connectivity index (χ1v) is 7.38. The molecule has 0 saturated carbocycles. The van der Waals surface area contributed by atoms with Crippen LogP contribution < -0.4 is 5.69 Å². The number of aromatic amines is 1. The lowest BCUT2D eigenvalue weighted by atomic mass is 10.1. The van der Waals surface area contributed by atoms with E-state index in [1.807, 2.05) is 11.8 Å². The molecule has 1 aliphatic heterocycles. The van der Waals surface area contributed by atoms with E-state index in [4.69, 9.17) is 5.11 Å². The van der Waals surface area contributed by atoms with Gasteiger partial charge in [0.25, 0.3) is 0 Å². The fourth-order valence-electron chi connectivity index (χ4n) is 2.63. The Hall–Kier alpha value is -1.69. The molecule has 0 spiro atoms. The third-order valence-corrected chi connectivity index (χ3v) is 4.59. The van der Waals surface area contributed by atoms with Gasteiger partial charge in [-0.15, -0.1) is 0 Å². The molecule has 2 heterocycles. The normalized spacial score (nSPS) is 16.8. The molecule has 2 N–H and O–H groups in total. The van der Waals surface area contributed by atoms with Crippen molar-refractivity contribution in [3.63, 3.8) is 0 Å². The average molecular weight is 278 g/mol. The van der Waals surface area contributed by atoms with Crippen LogP contribution in [-0.4, -0.2) is 32.1 Å². The SMILES string of the molecule is O=C(O)c1cccc2c1[nH]c(=O)n2C1CCSCC1. The van der Waals surface area contributed by atoms with E-state index in [1.54, 1.807) is 16.7 Å². The molecule has 0 radical (unpaired) electrons. The van der Waals surface area contributed by atoms with Crippen molar-refractivity contribution in [2.75, 3.05) is 11.5 Å². The molecule has 0 aliphatic carbocycles. The molecule has 0 bridgehead atoms. The van der Waals surface area contributed by atoms with E-state index in [2.05, 4.69) is 4.98 Å². The zero-order valence-electron chi connectivity index (χ0n) is 10.3. The molecular weight excluding hydrogens is 264 g/mol. The van der Waals surface area contributed by atoms with Gasteiger partial charge in [0.1, 0.15) is 0 Å².